The molecule has 1 N–H and O–H groups in total. The Bertz CT molecular complexity index is 506. The molecule has 0 spiro atoms. The summed E-state index contributed by atoms with van der Waals surface area (Å²) in [5.74, 6) is 0.717. The average molecular weight is 303 g/mol. The zero-order valence-corrected chi connectivity index (χ0v) is 13.1. The van der Waals surface area contributed by atoms with Gasteiger partial charge in [-0.05, 0) is 30.9 Å². The Morgan fingerprint density at radius 1 is 1.05 bits per heavy atom. The third-order valence-corrected chi connectivity index (χ3v) is 4.88. The molecule has 1 aromatic rings. The van der Waals surface area contributed by atoms with Gasteiger partial charge in [0.2, 0.25) is 11.8 Å². The van der Waals surface area contributed by atoms with E-state index in [9.17, 15) is 9.59 Å². The monoisotopic (exact) mass is 303 g/mol. The van der Waals surface area contributed by atoms with E-state index in [1.165, 1.54) is 12.8 Å². The van der Waals surface area contributed by atoms with Crippen molar-refractivity contribution in [3.05, 3.63) is 24.0 Å². The Morgan fingerprint density at radius 3 is 2.50 bits per heavy atom. The van der Waals surface area contributed by atoms with Gasteiger partial charge >= 0.3 is 0 Å². The number of amides is 2. The van der Waals surface area contributed by atoms with Crippen LogP contribution in [0.1, 0.15) is 37.7 Å². The van der Waals surface area contributed by atoms with Crippen molar-refractivity contribution in [3.63, 3.8) is 0 Å². The lowest BCUT2D eigenvalue weighted by Gasteiger charge is -2.24. The van der Waals surface area contributed by atoms with Crippen LogP contribution in [0, 0.1) is 5.92 Å². The van der Waals surface area contributed by atoms with Crippen LogP contribution in [0.2, 0.25) is 0 Å². The van der Waals surface area contributed by atoms with Crippen molar-refractivity contribution in [1.82, 2.24) is 14.8 Å². The lowest BCUT2D eigenvalue weighted by molar-refractivity contribution is -0.136. The lowest BCUT2D eigenvalue weighted by Crippen LogP contribution is -2.39. The number of rotatable bonds is 3. The molecule has 2 amide bonds. The SMILES string of the molecule is O=C(Cc1cc[nH]c1)N1CCCN(C(=O)C2CCCC2)CC1. The molecule has 1 aliphatic heterocycles. The van der Waals surface area contributed by atoms with E-state index in [1.807, 2.05) is 28.3 Å². The minimum atomic E-state index is 0.162. The molecule has 1 saturated carbocycles. The fourth-order valence-corrected chi connectivity index (χ4v) is 3.57. The summed E-state index contributed by atoms with van der Waals surface area (Å²) >= 11 is 0. The van der Waals surface area contributed by atoms with Gasteiger partial charge in [-0.1, -0.05) is 12.8 Å². The van der Waals surface area contributed by atoms with E-state index >= 15 is 0 Å². The van der Waals surface area contributed by atoms with Crippen LogP contribution in [0.4, 0.5) is 0 Å². The molecule has 0 unspecified atom stereocenters. The second-order valence-corrected chi connectivity index (χ2v) is 6.44. The highest BCUT2D eigenvalue weighted by molar-refractivity contribution is 5.80. The maximum absolute atomic E-state index is 12.5. The smallest absolute Gasteiger partial charge is 0.227 e. The van der Waals surface area contributed by atoms with E-state index in [-0.39, 0.29) is 11.8 Å². The largest absolute Gasteiger partial charge is 0.367 e. The summed E-state index contributed by atoms with van der Waals surface area (Å²) in [7, 11) is 0. The van der Waals surface area contributed by atoms with Gasteiger partial charge in [-0.25, -0.2) is 0 Å². The van der Waals surface area contributed by atoms with Crippen LogP contribution in [-0.2, 0) is 16.0 Å². The molecule has 5 nitrogen and oxygen atoms in total. The van der Waals surface area contributed by atoms with Gasteiger partial charge in [0, 0.05) is 44.5 Å². The molecule has 3 rings (SSSR count). The molecular formula is C17H25N3O2. The van der Waals surface area contributed by atoms with Crippen molar-refractivity contribution >= 4 is 11.8 Å². The molecule has 2 aliphatic rings. The zero-order valence-electron chi connectivity index (χ0n) is 13.1. The van der Waals surface area contributed by atoms with Crippen molar-refractivity contribution in [2.45, 2.75) is 38.5 Å². The van der Waals surface area contributed by atoms with Crippen LogP contribution in [0.15, 0.2) is 18.5 Å². The van der Waals surface area contributed by atoms with Crippen LogP contribution in [0.3, 0.4) is 0 Å². The molecule has 2 heterocycles. The van der Waals surface area contributed by atoms with Crippen molar-refractivity contribution in [3.8, 4) is 0 Å². The second kappa shape index (κ2) is 6.99. The predicted molar refractivity (Wildman–Crippen MR) is 84.2 cm³/mol. The number of carbonyl (C=O) groups is 2. The molecule has 0 aromatic carbocycles. The van der Waals surface area contributed by atoms with E-state index in [1.54, 1.807) is 0 Å². The van der Waals surface area contributed by atoms with Gasteiger partial charge in [-0.15, -0.1) is 0 Å². The van der Waals surface area contributed by atoms with Crippen LogP contribution >= 0.6 is 0 Å². The highest BCUT2D eigenvalue weighted by Gasteiger charge is 2.29. The third kappa shape index (κ3) is 3.51. The Hall–Kier alpha value is -1.78. The number of hydrogen-bond donors (Lipinski definition) is 1. The van der Waals surface area contributed by atoms with Crippen molar-refractivity contribution < 1.29 is 9.59 Å². The molecule has 1 aromatic heterocycles. The van der Waals surface area contributed by atoms with Gasteiger partial charge in [0.25, 0.3) is 0 Å². The maximum atomic E-state index is 12.5. The molecule has 22 heavy (non-hydrogen) atoms. The summed E-state index contributed by atoms with van der Waals surface area (Å²) in [5.41, 5.74) is 1.02. The molecule has 0 atom stereocenters. The molecule has 0 radical (unpaired) electrons. The highest BCUT2D eigenvalue weighted by atomic mass is 16.2. The number of aromatic nitrogens is 1. The quantitative estimate of drug-likeness (QED) is 0.926. The van der Waals surface area contributed by atoms with Gasteiger partial charge in [0.15, 0.2) is 0 Å². The standard InChI is InChI=1S/C17H25N3O2/c21-16(12-14-6-7-18-13-14)19-8-3-9-20(11-10-19)17(22)15-4-1-2-5-15/h6-7,13,15,18H,1-5,8-12H2. The van der Waals surface area contributed by atoms with Gasteiger partial charge in [0.05, 0.1) is 6.42 Å². The topological polar surface area (TPSA) is 56.4 Å². The number of nitrogens with zero attached hydrogens (tertiary/aromatic N) is 2. The summed E-state index contributed by atoms with van der Waals surface area (Å²) in [6.07, 6.45) is 9.50. The van der Waals surface area contributed by atoms with Crippen molar-refractivity contribution in [1.29, 1.82) is 0 Å². The number of hydrogen-bond acceptors (Lipinski definition) is 2. The first-order valence-electron chi connectivity index (χ1n) is 8.42. The maximum Gasteiger partial charge on any atom is 0.227 e. The normalized spacial score (nSPS) is 20.2. The van der Waals surface area contributed by atoms with Gasteiger partial charge in [-0.2, -0.15) is 0 Å². The summed E-state index contributed by atoms with van der Waals surface area (Å²) in [4.78, 5) is 31.7. The average Bonchev–Trinajstić information content (AvgIpc) is 3.16. The minimum absolute atomic E-state index is 0.162. The number of H-pyrrole nitrogens is 1. The summed E-state index contributed by atoms with van der Waals surface area (Å²) in [6.45, 7) is 2.91. The molecule has 1 saturated heterocycles. The Labute approximate surface area is 131 Å². The fraction of sp³-hybridized carbons (Fsp3) is 0.647. The lowest BCUT2D eigenvalue weighted by atomic mass is 10.1. The van der Waals surface area contributed by atoms with E-state index < -0.39 is 0 Å². The predicted octanol–water partition coefficient (Wildman–Crippen LogP) is 1.81. The van der Waals surface area contributed by atoms with E-state index in [0.29, 0.717) is 25.4 Å². The first kappa shape index (κ1) is 15.1. The Kier molecular flexibility index (Phi) is 4.80. The van der Waals surface area contributed by atoms with Crippen molar-refractivity contribution in [2.24, 2.45) is 5.92 Å². The highest BCUT2D eigenvalue weighted by Crippen LogP contribution is 2.27. The number of nitrogens with one attached hydrogen (secondary N) is 1. The summed E-state index contributed by atoms with van der Waals surface area (Å²) in [5, 5.41) is 0. The number of carbonyl (C=O) groups excluding carboxylic acids is 2. The first-order chi connectivity index (χ1) is 10.7. The Morgan fingerprint density at radius 2 is 1.77 bits per heavy atom. The van der Waals surface area contributed by atoms with E-state index in [0.717, 1.165) is 37.9 Å². The van der Waals surface area contributed by atoms with Crippen molar-refractivity contribution in [2.75, 3.05) is 26.2 Å². The van der Waals surface area contributed by atoms with Crippen LogP contribution in [0.5, 0.6) is 0 Å². The number of aromatic amines is 1. The summed E-state index contributed by atoms with van der Waals surface area (Å²) < 4.78 is 0. The minimum Gasteiger partial charge on any atom is -0.367 e. The fourth-order valence-electron chi connectivity index (χ4n) is 3.57. The van der Waals surface area contributed by atoms with Crippen LogP contribution in [0.25, 0.3) is 0 Å². The first-order valence-corrected chi connectivity index (χ1v) is 8.42. The Balaban J connectivity index is 1.53. The third-order valence-electron chi connectivity index (χ3n) is 4.88. The molecule has 0 bridgehead atoms. The second-order valence-electron chi connectivity index (χ2n) is 6.44. The molecule has 1 aliphatic carbocycles. The van der Waals surface area contributed by atoms with Crippen LogP contribution < -0.4 is 0 Å². The molecule has 5 heteroatoms. The zero-order chi connectivity index (χ0) is 15.4. The van der Waals surface area contributed by atoms with Gasteiger partial charge in [-0.3, -0.25) is 9.59 Å². The van der Waals surface area contributed by atoms with Gasteiger partial charge < -0.3 is 14.8 Å². The molecule has 2 fully saturated rings. The van der Waals surface area contributed by atoms with E-state index in [4.69, 9.17) is 0 Å². The van der Waals surface area contributed by atoms with Crippen LogP contribution in [-0.4, -0.2) is 52.8 Å². The molecular weight excluding hydrogens is 278 g/mol. The van der Waals surface area contributed by atoms with E-state index in [2.05, 4.69) is 4.98 Å². The summed E-state index contributed by atoms with van der Waals surface area (Å²) in [6, 6.07) is 1.94. The molecule has 120 valence electrons. The van der Waals surface area contributed by atoms with Gasteiger partial charge in [0.1, 0.15) is 0 Å².